The lowest BCUT2D eigenvalue weighted by Gasteiger charge is -2.28. The molecule has 1 aliphatic heterocycles. The Balaban J connectivity index is 1.95. The van der Waals surface area contributed by atoms with Gasteiger partial charge in [-0.2, -0.15) is 0 Å². The van der Waals surface area contributed by atoms with Crippen LogP contribution in [0.25, 0.3) is 12.2 Å². The van der Waals surface area contributed by atoms with Crippen LogP contribution in [-0.4, -0.2) is 36.5 Å². The lowest BCUT2D eigenvalue weighted by Crippen LogP contribution is -2.41. The monoisotopic (exact) mass is 387 g/mol. The van der Waals surface area contributed by atoms with Crippen LogP contribution in [0.2, 0.25) is 0 Å². The van der Waals surface area contributed by atoms with E-state index >= 15 is 0 Å². The van der Waals surface area contributed by atoms with Crippen molar-refractivity contribution in [2.24, 2.45) is 0 Å². The molecule has 3 heterocycles. The summed E-state index contributed by atoms with van der Waals surface area (Å²) in [6, 6.07) is 8.04. The molecule has 0 aromatic carbocycles. The lowest BCUT2D eigenvalue weighted by molar-refractivity contribution is -0.113. The largest absolute Gasteiger partial charge is 0.450 e. The molecule has 6 heteroatoms. The fourth-order valence-electron chi connectivity index (χ4n) is 2.79. The summed E-state index contributed by atoms with van der Waals surface area (Å²) < 4.78 is 5.15. The Kier molecular flexibility index (Phi) is 5.74. The Morgan fingerprint density at radius 3 is 1.92 bits per heavy atom. The quantitative estimate of drug-likeness (QED) is 0.701. The summed E-state index contributed by atoms with van der Waals surface area (Å²) in [5, 5.41) is 0. The van der Waals surface area contributed by atoms with Crippen LogP contribution in [0.15, 0.2) is 35.4 Å². The number of nitrogens with zero attached hydrogens (tertiary/aromatic N) is 1. The van der Waals surface area contributed by atoms with E-state index in [0.29, 0.717) is 17.8 Å². The van der Waals surface area contributed by atoms with Gasteiger partial charge in [0.1, 0.15) is 0 Å². The Morgan fingerprint density at radius 2 is 1.54 bits per heavy atom. The highest BCUT2D eigenvalue weighted by Gasteiger charge is 2.30. The molecule has 26 heavy (non-hydrogen) atoms. The molecule has 3 rings (SSSR count). The van der Waals surface area contributed by atoms with Crippen molar-refractivity contribution < 1.29 is 14.3 Å². The summed E-state index contributed by atoms with van der Waals surface area (Å²) in [6.07, 6.45) is 3.39. The zero-order valence-electron chi connectivity index (χ0n) is 15.1. The minimum absolute atomic E-state index is 0.00246. The van der Waals surface area contributed by atoms with E-state index in [1.165, 1.54) is 9.75 Å². The Bertz CT molecular complexity index is 826. The molecular weight excluding hydrogens is 366 g/mol. The Labute approximate surface area is 161 Å². The molecule has 1 saturated heterocycles. The van der Waals surface area contributed by atoms with Gasteiger partial charge in [-0.05, 0) is 57.2 Å². The van der Waals surface area contributed by atoms with E-state index in [4.69, 9.17) is 4.74 Å². The van der Waals surface area contributed by atoms with E-state index in [0.717, 1.165) is 9.75 Å². The molecule has 2 aromatic rings. The minimum Gasteiger partial charge on any atom is -0.450 e. The molecule has 0 radical (unpaired) electrons. The average molecular weight is 388 g/mol. The van der Waals surface area contributed by atoms with Crippen LogP contribution in [0, 0.1) is 13.8 Å². The number of carbonyl (C=O) groups excluding carboxylic acids is 2. The Hall–Kier alpha value is -2.18. The molecule has 1 fully saturated rings. The molecule has 1 amide bonds. The molecule has 2 aromatic heterocycles. The van der Waals surface area contributed by atoms with Gasteiger partial charge in [-0.1, -0.05) is 0 Å². The molecule has 0 bridgehead atoms. The third-order valence-corrected chi connectivity index (χ3v) is 5.88. The standard InChI is InChI=1S/C20H21NO3S2/c1-4-24-20(23)21-11-15(9-17-7-5-13(2)25-17)19(22)16(12-21)10-18-8-6-14(3)26-18/h5-10H,4,11-12H2,1-3H3/b15-9-,16-10-. The number of ether oxygens (including phenoxy) is 1. The molecule has 0 saturated carbocycles. The van der Waals surface area contributed by atoms with Crippen molar-refractivity contribution >= 4 is 46.7 Å². The number of Topliss-reactive ketones (excluding diaryl/α,β-unsaturated/α-hetero) is 1. The van der Waals surface area contributed by atoms with Crippen molar-refractivity contribution in [1.82, 2.24) is 4.90 Å². The minimum atomic E-state index is -0.387. The van der Waals surface area contributed by atoms with Gasteiger partial charge < -0.3 is 4.74 Å². The van der Waals surface area contributed by atoms with Crippen LogP contribution in [0.3, 0.4) is 0 Å². The SMILES string of the molecule is CCOC(=O)N1C/C(=C/c2ccc(C)s2)C(=O)/C(=C\c2ccc(C)s2)C1. The van der Waals surface area contributed by atoms with E-state index in [2.05, 4.69) is 0 Å². The maximum atomic E-state index is 13.0. The summed E-state index contributed by atoms with van der Waals surface area (Å²) in [6.45, 7) is 6.71. The average Bonchev–Trinajstić information content (AvgIpc) is 3.19. The summed E-state index contributed by atoms with van der Waals surface area (Å²) >= 11 is 3.26. The third-order valence-electron chi connectivity index (χ3n) is 3.99. The smallest absolute Gasteiger partial charge is 0.410 e. The van der Waals surface area contributed by atoms with Gasteiger partial charge in [0, 0.05) is 30.7 Å². The van der Waals surface area contributed by atoms with Gasteiger partial charge >= 0.3 is 6.09 Å². The molecule has 1 aliphatic rings. The zero-order valence-corrected chi connectivity index (χ0v) is 16.7. The fraction of sp³-hybridized carbons (Fsp3) is 0.300. The number of likely N-dealkylation sites (tertiary alicyclic amines) is 1. The first-order chi connectivity index (χ1) is 12.5. The summed E-state index contributed by atoms with van der Waals surface area (Å²) in [5.74, 6) is 0.00246. The van der Waals surface area contributed by atoms with Crippen LogP contribution >= 0.6 is 22.7 Å². The van der Waals surface area contributed by atoms with E-state index in [9.17, 15) is 9.59 Å². The third kappa shape index (κ3) is 4.31. The molecule has 0 aliphatic carbocycles. The number of rotatable bonds is 3. The number of amides is 1. The number of piperidine rings is 1. The first-order valence-electron chi connectivity index (χ1n) is 8.46. The van der Waals surface area contributed by atoms with Crippen LogP contribution in [0.5, 0.6) is 0 Å². The van der Waals surface area contributed by atoms with Gasteiger partial charge in [0.15, 0.2) is 5.78 Å². The second kappa shape index (κ2) is 8.01. The lowest BCUT2D eigenvalue weighted by atomic mass is 9.97. The molecule has 0 spiro atoms. The second-order valence-corrected chi connectivity index (χ2v) is 8.76. The highest BCUT2D eigenvalue weighted by Crippen LogP contribution is 2.26. The maximum absolute atomic E-state index is 13.0. The molecule has 136 valence electrons. The summed E-state index contributed by atoms with van der Waals surface area (Å²) in [4.78, 5) is 31.2. The van der Waals surface area contributed by atoms with Crippen LogP contribution in [-0.2, 0) is 9.53 Å². The molecule has 0 N–H and O–H groups in total. The molecule has 4 nitrogen and oxygen atoms in total. The van der Waals surface area contributed by atoms with Gasteiger partial charge in [-0.15, -0.1) is 22.7 Å². The topological polar surface area (TPSA) is 46.6 Å². The van der Waals surface area contributed by atoms with Crippen molar-refractivity contribution in [3.63, 3.8) is 0 Å². The van der Waals surface area contributed by atoms with Crippen molar-refractivity contribution in [3.05, 3.63) is 54.9 Å². The van der Waals surface area contributed by atoms with Gasteiger partial charge in [0.25, 0.3) is 0 Å². The molecule has 0 atom stereocenters. The summed E-state index contributed by atoms with van der Waals surface area (Å²) in [7, 11) is 0. The van der Waals surface area contributed by atoms with Crippen molar-refractivity contribution in [2.45, 2.75) is 20.8 Å². The molecule has 0 unspecified atom stereocenters. The van der Waals surface area contributed by atoms with Crippen LogP contribution in [0.4, 0.5) is 4.79 Å². The maximum Gasteiger partial charge on any atom is 0.410 e. The predicted molar refractivity (Wildman–Crippen MR) is 108 cm³/mol. The van der Waals surface area contributed by atoms with Crippen molar-refractivity contribution in [1.29, 1.82) is 0 Å². The number of ketones is 1. The van der Waals surface area contributed by atoms with E-state index < -0.39 is 0 Å². The predicted octanol–water partition coefficient (Wildman–Crippen LogP) is 4.93. The van der Waals surface area contributed by atoms with E-state index in [1.807, 2.05) is 50.3 Å². The van der Waals surface area contributed by atoms with Crippen molar-refractivity contribution in [2.75, 3.05) is 19.7 Å². The zero-order chi connectivity index (χ0) is 18.7. The Morgan fingerprint density at radius 1 is 1.04 bits per heavy atom. The number of carbonyl (C=O) groups is 2. The van der Waals surface area contributed by atoms with E-state index in [1.54, 1.807) is 34.5 Å². The highest BCUT2D eigenvalue weighted by atomic mass is 32.1. The first-order valence-corrected chi connectivity index (χ1v) is 10.1. The van der Waals surface area contributed by atoms with Crippen LogP contribution < -0.4 is 0 Å². The van der Waals surface area contributed by atoms with Crippen LogP contribution in [0.1, 0.15) is 26.4 Å². The number of thiophene rings is 2. The number of hydrogen-bond acceptors (Lipinski definition) is 5. The fourth-order valence-corrected chi connectivity index (χ4v) is 4.48. The number of aryl methyl sites for hydroxylation is 2. The normalized spacial score (nSPS) is 18.0. The molecular formula is C20H21NO3S2. The van der Waals surface area contributed by atoms with Gasteiger partial charge in [-0.3, -0.25) is 9.69 Å². The highest BCUT2D eigenvalue weighted by molar-refractivity contribution is 7.13. The van der Waals surface area contributed by atoms with E-state index in [-0.39, 0.29) is 25.0 Å². The summed E-state index contributed by atoms with van der Waals surface area (Å²) in [5.41, 5.74) is 1.23. The van der Waals surface area contributed by atoms with Gasteiger partial charge in [0.2, 0.25) is 0 Å². The first kappa shape index (κ1) is 18.6. The van der Waals surface area contributed by atoms with Gasteiger partial charge in [0.05, 0.1) is 19.7 Å². The number of hydrogen-bond donors (Lipinski definition) is 0. The van der Waals surface area contributed by atoms with Gasteiger partial charge in [-0.25, -0.2) is 4.79 Å². The van der Waals surface area contributed by atoms with Crippen molar-refractivity contribution in [3.8, 4) is 0 Å². The second-order valence-electron chi connectivity index (χ2n) is 6.12.